The van der Waals surface area contributed by atoms with Crippen molar-refractivity contribution in [3.05, 3.63) is 35.6 Å². The summed E-state index contributed by atoms with van der Waals surface area (Å²) in [6.45, 7) is 3.25. The molecule has 0 amide bonds. The number of benzene rings is 1. The quantitative estimate of drug-likeness (QED) is 0.698. The molecule has 0 bridgehead atoms. The average Bonchev–Trinajstić information content (AvgIpc) is 2.51. The second kappa shape index (κ2) is 3.46. The van der Waals surface area contributed by atoms with Gasteiger partial charge in [-0.25, -0.2) is 4.39 Å². The molecule has 1 fully saturated rings. The van der Waals surface area contributed by atoms with E-state index in [0.29, 0.717) is 12.0 Å². The predicted molar refractivity (Wildman–Crippen MR) is 50.9 cm³/mol. The molecule has 0 radical (unpaired) electrons. The lowest BCUT2D eigenvalue weighted by Crippen LogP contribution is -2.16. The Morgan fingerprint density at radius 3 is 2.92 bits per heavy atom. The van der Waals surface area contributed by atoms with E-state index in [-0.39, 0.29) is 5.82 Å². The number of nitrogens with one attached hydrogen (secondary N) is 1. The predicted octanol–water partition coefficient (Wildman–Crippen LogP) is 2.50. The first kappa shape index (κ1) is 8.70. The number of halogens is 1. The highest BCUT2D eigenvalue weighted by Gasteiger charge is 2.23. The molecule has 1 aromatic rings. The lowest BCUT2D eigenvalue weighted by molar-refractivity contribution is 0.500. The van der Waals surface area contributed by atoms with E-state index in [4.69, 9.17) is 0 Å². The minimum atomic E-state index is -0.140. The molecule has 1 aliphatic heterocycles. The van der Waals surface area contributed by atoms with E-state index >= 15 is 0 Å². The number of hydrogen-bond donors (Lipinski definition) is 1. The zero-order chi connectivity index (χ0) is 9.26. The highest BCUT2D eigenvalue weighted by atomic mass is 19.1. The molecule has 2 rings (SSSR count). The maximum Gasteiger partial charge on any atom is 0.123 e. The van der Waals surface area contributed by atoms with Crippen LogP contribution in [0.1, 0.15) is 24.9 Å². The van der Waals surface area contributed by atoms with E-state index in [9.17, 15) is 4.39 Å². The second-order valence-electron chi connectivity index (χ2n) is 3.75. The highest BCUT2D eigenvalue weighted by molar-refractivity contribution is 5.21. The average molecular weight is 179 g/mol. The summed E-state index contributed by atoms with van der Waals surface area (Å²) in [5.41, 5.74) is 1.07. The molecule has 70 valence electrons. The van der Waals surface area contributed by atoms with Gasteiger partial charge in [0.1, 0.15) is 5.82 Å². The van der Waals surface area contributed by atoms with Gasteiger partial charge in [0.2, 0.25) is 0 Å². The summed E-state index contributed by atoms with van der Waals surface area (Å²) in [6.07, 6.45) is 1.18. The molecule has 1 saturated heterocycles. The first-order valence-electron chi connectivity index (χ1n) is 4.76. The summed E-state index contributed by atoms with van der Waals surface area (Å²) >= 11 is 0. The Bertz CT molecular complexity index is 298. The molecular formula is C11H14FN. The summed E-state index contributed by atoms with van der Waals surface area (Å²) in [6, 6.07) is 7.22. The fraction of sp³-hybridized carbons (Fsp3) is 0.455. The monoisotopic (exact) mass is 179 g/mol. The molecule has 1 aromatic carbocycles. The zero-order valence-electron chi connectivity index (χ0n) is 7.76. The molecule has 0 aromatic heterocycles. The Morgan fingerprint density at radius 1 is 1.46 bits per heavy atom. The third-order valence-electron chi connectivity index (χ3n) is 2.74. The van der Waals surface area contributed by atoms with Crippen LogP contribution in [0, 0.1) is 11.7 Å². The smallest absolute Gasteiger partial charge is 0.123 e. The second-order valence-corrected chi connectivity index (χ2v) is 3.75. The van der Waals surface area contributed by atoms with Gasteiger partial charge in [-0.3, -0.25) is 0 Å². The molecule has 0 saturated carbocycles. The Kier molecular flexibility index (Phi) is 2.32. The van der Waals surface area contributed by atoms with Crippen molar-refractivity contribution in [2.75, 3.05) is 6.54 Å². The van der Waals surface area contributed by atoms with E-state index < -0.39 is 0 Å². The summed E-state index contributed by atoms with van der Waals surface area (Å²) in [4.78, 5) is 0. The highest BCUT2D eigenvalue weighted by Crippen LogP contribution is 2.28. The fourth-order valence-corrected chi connectivity index (χ4v) is 1.98. The van der Waals surface area contributed by atoms with Crippen LogP contribution in [-0.2, 0) is 0 Å². The molecule has 13 heavy (non-hydrogen) atoms. The normalized spacial score (nSPS) is 27.8. The van der Waals surface area contributed by atoms with Gasteiger partial charge in [-0.15, -0.1) is 0 Å². The van der Waals surface area contributed by atoms with Crippen molar-refractivity contribution in [2.24, 2.45) is 5.92 Å². The van der Waals surface area contributed by atoms with Crippen LogP contribution in [0.3, 0.4) is 0 Å². The van der Waals surface area contributed by atoms with Gasteiger partial charge in [0, 0.05) is 6.04 Å². The molecule has 2 heteroatoms. The molecule has 0 aliphatic carbocycles. The van der Waals surface area contributed by atoms with Crippen LogP contribution >= 0.6 is 0 Å². The van der Waals surface area contributed by atoms with Gasteiger partial charge in [0.25, 0.3) is 0 Å². The Hall–Kier alpha value is -0.890. The molecule has 0 spiro atoms. The number of rotatable bonds is 1. The van der Waals surface area contributed by atoms with Crippen LogP contribution in [0.4, 0.5) is 4.39 Å². The maximum absolute atomic E-state index is 12.9. The Morgan fingerprint density at radius 2 is 2.31 bits per heavy atom. The van der Waals surface area contributed by atoms with E-state index in [2.05, 4.69) is 12.2 Å². The topological polar surface area (TPSA) is 12.0 Å². The van der Waals surface area contributed by atoms with Gasteiger partial charge in [-0.1, -0.05) is 19.1 Å². The van der Waals surface area contributed by atoms with Gasteiger partial charge < -0.3 is 5.32 Å². The van der Waals surface area contributed by atoms with E-state index in [1.54, 1.807) is 12.1 Å². The van der Waals surface area contributed by atoms with Crippen molar-refractivity contribution in [2.45, 2.75) is 19.4 Å². The summed E-state index contributed by atoms with van der Waals surface area (Å²) < 4.78 is 12.9. The van der Waals surface area contributed by atoms with Crippen LogP contribution in [0.15, 0.2) is 24.3 Å². The van der Waals surface area contributed by atoms with Crippen LogP contribution in [-0.4, -0.2) is 6.54 Å². The van der Waals surface area contributed by atoms with Gasteiger partial charge >= 0.3 is 0 Å². The van der Waals surface area contributed by atoms with Gasteiger partial charge in [-0.2, -0.15) is 0 Å². The summed E-state index contributed by atoms with van der Waals surface area (Å²) in [5, 5.41) is 3.38. The third-order valence-corrected chi connectivity index (χ3v) is 2.74. The molecule has 1 aliphatic rings. The van der Waals surface area contributed by atoms with Crippen molar-refractivity contribution in [3.63, 3.8) is 0 Å². The SMILES string of the molecule is C[C@@H]1CCN[C@@H]1c1cccc(F)c1. The molecule has 1 nitrogen and oxygen atoms in total. The lowest BCUT2D eigenvalue weighted by Gasteiger charge is -2.15. The van der Waals surface area contributed by atoms with Crippen LogP contribution in [0.25, 0.3) is 0 Å². The van der Waals surface area contributed by atoms with Crippen molar-refractivity contribution in [3.8, 4) is 0 Å². The largest absolute Gasteiger partial charge is 0.310 e. The first-order valence-corrected chi connectivity index (χ1v) is 4.76. The van der Waals surface area contributed by atoms with Crippen LogP contribution < -0.4 is 5.32 Å². The summed E-state index contributed by atoms with van der Waals surface area (Å²) in [5.74, 6) is 0.472. The lowest BCUT2D eigenvalue weighted by atomic mass is 9.96. The third kappa shape index (κ3) is 1.73. The van der Waals surface area contributed by atoms with E-state index in [0.717, 1.165) is 12.1 Å². The van der Waals surface area contributed by atoms with Gasteiger partial charge in [0.15, 0.2) is 0 Å². The molecule has 0 unspecified atom stereocenters. The number of hydrogen-bond acceptors (Lipinski definition) is 1. The Labute approximate surface area is 78.0 Å². The first-order chi connectivity index (χ1) is 6.27. The molecule has 1 N–H and O–H groups in total. The van der Waals surface area contributed by atoms with Crippen LogP contribution in [0.2, 0.25) is 0 Å². The fourth-order valence-electron chi connectivity index (χ4n) is 1.98. The van der Waals surface area contributed by atoms with E-state index in [1.165, 1.54) is 12.5 Å². The van der Waals surface area contributed by atoms with Crippen molar-refractivity contribution >= 4 is 0 Å². The minimum absolute atomic E-state index is 0.140. The van der Waals surface area contributed by atoms with Crippen LogP contribution in [0.5, 0.6) is 0 Å². The maximum atomic E-state index is 12.9. The van der Waals surface area contributed by atoms with Crippen molar-refractivity contribution in [1.82, 2.24) is 5.32 Å². The van der Waals surface area contributed by atoms with Gasteiger partial charge in [0.05, 0.1) is 0 Å². The molecular weight excluding hydrogens is 165 g/mol. The molecule has 1 heterocycles. The standard InChI is InChI=1S/C11H14FN/c1-8-5-6-13-11(8)9-3-2-4-10(12)7-9/h2-4,7-8,11,13H,5-6H2,1H3/t8-,11+/m1/s1. The van der Waals surface area contributed by atoms with Gasteiger partial charge in [-0.05, 0) is 36.6 Å². The molecule has 2 atom stereocenters. The van der Waals surface area contributed by atoms with Crippen molar-refractivity contribution in [1.29, 1.82) is 0 Å². The summed E-state index contributed by atoms with van der Waals surface area (Å²) in [7, 11) is 0. The van der Waals surface area contributed by atoms with E-state index in [1.807, 2.05) is 6.07 Å². The zero-order valence-corrected chi connectivity index (χ0v) is 7.76. The Balaban J connectivity index is 2.24. The van der Waals surface area contributed by atoms with Crippen molar-refractivity contribution < 1.29 is 4.39 Å². The minimum Gasteiger partial charge on any atom is -0.310 e.